The minimum absolute atomic E-state index is 0. The monoisotopic (exact) mass is 1030 g/mol. The fraction of sp³-hybridized carbons (Fsp3) is 0.431. The number of anilines is 1. The van der Waals surface area contributed by atoms with Crippen LogP contribution in [0, 0.1) is 11.3 Å². The summed E-state index contributed by atoms with van der Waals surface area (Å²) < 4.78 is 9.92. The molecular formula is C51H71N9O6S4. The van der Waals surface area contributed by atoms with Crippen LogP contribution in [0.2, 0.25) is 0 Å². The fourth-order valence-corrected chi connectivity index (χ4v) is 9.38. The van der Waals surface area contributed by atoms with Crippen LogP contribution in [0.5, 0.6) is 0 Å². The van der Waals surface area contributed by atoms with Gasteiger partial charge in [-0.1, -0.05) is 78.5 Å². The second-order valence-corrected chi connectivity index (χ2v) is 18.9. The zero-order valence-corrected chi connectivity index (χ0v) is 45.6. The van der Waals surface area contributed by atoms with E-state index in [0.717, 1.165) is 62.7 Å². The van der Waals surface area contributed by atoms with Crippen LogP contribution in [0.3, 0.4) is 0 Å². The van der Waals surface area contributed by atoms with Crippen LogP contribution < -0.4 is 16.1 Å². The van der Waals surface area contributed by atoms with Crippen LogP contribution in [0.25, 0.3) is 33.3 Å². The zero-order chi connectivity index (χ0) is 47.6. The van der Waals surface area contributed by atoms with Gasteiger partial charge in [0.25, 0.3) is 11.8 Å². The van der Waals surface area contributed by atoms with E-state index < -0.39 is 53.1 Å². The maximum absolute atomic E-state index is 14.7. The smallest absolute Gasteiger partial charge is 0.324 e. The van der Waals surface area contributed by atoms with Crippen LogP contribution >= 0.6 is 54.0 Å². The minimum Gasteiger partial charge on any atom is -0.464 e. The summed E-state index contributed by atoms with van der Waals surface area (Å²) >= 11 is 0. The minimum atomic E-state index is -1.09. The van der Waals surface area contributed by atoms with Crippen LogP contribution in [0.15, 0.2) is 79.6 Å². The predicted octanol–water partition coefficient (Wildman–Crippen LogP) is 7.27. The van der Waals surface area contributed by atoms with Crippen molar-refractivity contribution >= 4 is 100 Å². The number of amides is 4. The number of hydrogen-bond acceptors (Lipinski definition) is 9. The number of nitrogens with zero attached hydrogens (tertiary/aromatic N) is 6. The zero-order valence-electron chi connectivity index (χ0n) is 41.6. The van der Waals surface area contributed by atoms with Gasteiger partial charge in [0, 0.05) is 61.7 Å². The molecule has 0 radical (unpaired) electrons. The van der Waals surface area contributed by atoms with Crippen molar-refractivity contribution in [2.45, 2.75) is 105 Å². The Kier molecular flexibility index (Phi) is 20.9. The normalized spacial score (nSPS) is 17.1. The largest absolute Gasteiger partial charge is 0.464 e. The Bertz CT molecular complexity index is 2700. The summed E-state index contributed by atoms with van der Waals surface area (Å²) in [7, 11) is 3.10. The number of aromatic nitrogens is 4. The summed E-state index contributed by atoms with van der Waals surface area (Å²) in [5, 5.41) is 8.16. The maximum Gasteiger partial charge on any atom is 0.324 e. The Morgan fingerprint density at radius 1 is 1.00 bits per heavy atom. The van der Waals surface area contributed by atoms with Crippen molar-refractivity contribution in [3.8, 4) is 22.4 Å². The third kappa shape index (κ3) is 12.4. The molecule has 0 aliphatic carbocycles. The molecule has 3 atom stereocenters. The van der Waals surface area contributed by atoms with E-state index in [1.807, 2.05) is 38.2 Å². The van der Waals surface area contributed by atoms with Gasteiger partial charge < -0.3 is 29.4 Å². The highest BCUT2D eigenvalue weighted by molar-refractivity contribution is 7.59. The van der Waals surface area contributed by atoms with Gasteiger partial charge in [0.05, 0.1) is 24.2 Å². The number of ether oxygens (including phenoxy) is 1. The lowest BCUT2D eigenvalue weighted by molar-refractivity contribution is -0.155. The number of pyridine rings is 1. The van der Waals surface area contributed by atoms with E-state index in [2.05, 4.69) is 103 Å². The number of imidazole rings is 1. The van der Waals surface area contributed by atoms with Crippen molar-refractivity contribution < 1.29 is 28.7 Å². The lowest BCUT2D eigenvalue weighted by atomic mass is 9.83. The van der Waals surface area contributed by atoms with Gasteiger partial charge in [-0.05, 0) is 90.6 Å². The van der Waals surface area contributed by atoms with E-state index in [9.17, 15) is 24.0 Å². The molecule has 2 aliphatic rings. The molecule has 19 heteroatoms. The molecule has 3 aromatic heterocycles. The Morgan fingerprint density at radius 3 is 2.39 bits per heavy atom. The van der Waals surface area contributed by atoms with Gasteiger partial charge in [-0.25, -0.2) is 10.4 Å². The molecule has 0 spiro atoms. The van der Waals surface area contributed by atoms with Gasteiger partial charge in [-0.3, -0.25) is 34.0 Å². The van der Waals surface area contributed by atoms with Gasteiger partial charge >= 0.3 is 5.97 Å². The number of cyclic esters (lactones) is 1. The highest BCUT2D eigenvalue weighted by Crippen LogP contribution is 2.42. The first kappa shape index (κ1) is 59.1. The third-order valence-corrected chi connectivity index (χ3v) is 12.7. The Hall–Kier alpha value is -5.21. The molecule has 2 aromatic carbocycles. The quantitative estimate of drug-likeness (QED) is 0.0962. The maximum atomic E-state index is 14.7. The lowest BCUT2D eigenvalue weighted by Crippen LogP contribution is -2.62. The Labute approximate surface area is 439 Å². The van der Waals surface area contributed by atoms with Crippen molar-refractivity contribution in [3.63, 3.8) is 0 Å². The Morgan fingerprint density at radius 2 is 1.71 bits per heavy atom. The average Bonchev–Trinajstić information content (AvgIpc) is 3.81. The van der Waals surface area contributed by atoms with Gasteiger partial charge in [-0.2, -0.15) is 54.0 Å². The summed E-state index contributed by atoms with van der Waals surface area (Å²) in [6.45, 7) is 19.0. The molecule has 2 aliphatic heterocycles. The van der Waals surface area contributed by atoms with Gasteiger partial charge in [-0.15, -0.1) is 0 Å². The number of hydrazine groups is 1. The van der Waals surface area contributed by atoms with Crippen LogP contribution in [-0.4, -0.2) is 96.9 Å². The molecule has 7 rings (SSSR count). The summed E-state index contributed by atoms with van der Waals surface area (Å²) in [5.41, 5.74) is 10.9. The Balaban J connectivity index is 0.00000324. The summed E-state index contributed by atoms with van der Waals surface area (Å²) in [6.07, 6.45) is 6.06. The van der Waals surface area contributed by atoms with E-state index in [-0.39, 0.29) is 90.5 Å². The predicted molar refractivity (Wildman–Crippen MR) is 297 cm³/mol. The number of nitrogens with one attached hydrogen (secondary N) is 3. The van der Waals surface area contributed by atoms with Gasteiger partial charge in [0.1, 0.15) is 23.9 Å². The average molecular weight is 1030 g/mol. The van der Waals surface area contributed by atoms with E-state index >= 15 is 0 Å². The van der Waals surface area contributed by atoms with E-state index in [1.165, 1.54) is 27.7 Å². The molecule has 3 N–H and O–H groups in total. The molecule has 15 nitrogen and oxygen atoms in total. The van der Waals surface area contributed by atoms with Crippen molar-refractivity contribution in [2.75, 3.05) is 25.5 Å². The standard InChI is InChI=1S/C51H63N9O6.4H2S/c1-11-42(61)55-41-28-53-46(57(41)9)49(64)58(10)44(31(5)6)47(62)54-39-25-32-16-13-17-33(24-32)34-20-21-40-36(26-34)37(45(59(40)12-2)35-18-14-22-52-43(35)30(3)4)27-51(7,8)29-66-50(65)38-19-15-23-60(56-38)48(39)63;;;;/h11,13-14,16-18,20-22,24,26,28,30-31,38-39,44,56H,1,12,15,19,23,25,27,29H2,2-10H3,(H,54,62)(H,55,61);4*1H2/t38-,39-,44-;;;;/m0..../s1. The van der Waals surface area contributed by atoms with Crippen molar-refractivity contribution in [2.24, 2.45) is 18.4 Å². The molecule has 380 valence electrons. The molecule has 70 heavy (non-hydrogen) atoms. The highest BCUT2D eigenvalue weighted by atomic mass is 32.1. The second-order valence-electron chi connectivity index (χ2n) is 18.9. The SMILES string of the molecule is C=CC(=O)Nc1cnc(C(=O)N(C)[C@H](C(=O)N[C@H]2Cc3cccc(c3)-c3ccc4c(c3)c(c(-c3cccnc3C(C)C)n4CC)CC(C)(C)COC(=O)[C@@H]3CCCN(N3)C2=O)C(C)C)n1C.S.S.S.S. The molecule has 5 heterocycles. The summed E-state index contributed by atoms with van der Waals surface area (Å²) in [5.74, 6) is -2.35. The highest BCUT2D eigenvalue weighted by Gasteiger charge is 2.38. The van der Waals surface area contributed by atoms with E-state index in [1.54, 1.807) is 7.05 Å². The van der Waals surface area contributed by atoms with Crippen LogP contribution in [0.1, 0.15) is 94.7 Å². The molecular weight excluding hydrogens is 963 g/mol. The number of aryl methyl sites for hydroxylation is 1. The molecule has 0 saturated carbocycles. The van der Waals surface area contributed by atoms with Crippen molar-refractivity contribution in [1.82, 2.24) is 39.8 Å². The molecule has 4 amide bonds. The second kappa shape index (κ2) is 24.8. The van der Waals surface area contributed by atoms with E-state index in [4.69, 9.17) is 9.72 Å². The number of esters is 1. The molecule has 6 bridgehead atoms. The number of benzene rings is 2. The number of rotatable bonds is 10. The number of hydrogen-bond donors (Lipinski definition) is 3. The molecule has 1 saturated heterocycles. The number of likely N-dealkylation sites (N-methyl/N-ethyl adjacent to an activating group) is 1. The fourth-order valence-electron chi connectivity index (χ4n) is 9.38. The first-order chi connectivity index (χ1) is 31.4. The van der Waals surface area contributed by atoms with Crippen molar-refractivity contribution in [1.29, 1.82) is 0 Å². The molecule has 0 unspecified atom stereocenters. The van der Waals surface area contributed by atoms with Gasteiger partial charge in [0.2, 0.25) is 17.6 Å². The summed E-state index contributed by atoms with van der Waals surface area (Å²) in [4.78, 5) is 79.5. The van der Waals surface area contributed by atoms with Crippen LogP contribution in [-0.2, 0) is 50.3 Å². The first-order valence-corrected chi connectivity index (χ1v) is 22.9. The van der Waals surface area contributed by atoms with Crippen molar-refractivity contribution in [3.05, 3.63) is 102 Å². The number of fused-ring (bicyclic) bond motifs is 6. The third-order valence-electron chi connectivity index (χ3n) is 12.7. The topological polar surface area (TPSA) is 173 Å². The van der Waals surface area contributed by atoms with Gasteiger partial charge in [0.15, 0.2) is 0 Å². The molecule has 5 aromatic rings. The number of carbonyl (C=O) groups excluding carboxylic acids is 5. The van der Waals surface area contributed by atoms with E-state index in [0.29, 0.717) is 25.8 Å². The molecule has 1 fully saturated rings. The first-order valence-electron chi connectivity index (χ1n) is 22.9. The summed E-state index contributed by atoms with van der Waals surface area (Å²) in [6, 6.07) is 15.8. The van der Waals surface area contributed by atoms with Crippen LogP contribution in [0.4, 0.5) is 5.82 Å². The lowest BCUT2D eigenvalue weighted by Gasteiger charge is -2.36. The number of carbonyl (C=O) groups is 5.